The van der Waals surface area contributed by atoms with Crippen molar-refractivity contribution < 1.29 is 4.79 Å². The van der Waals surface area contributed by atoms with Crippen molar-refractivity contribution in [3.05, 3.63) is 36.0 Å². The first-order chi connectivity index (χ1) is 12.9. The van der Waals surface area contributed by atoms with Crippen molar-refractivity contribution >= 4 is 27.8 Å². The summed E-state index contributed by atoms with van der Waals surface area (Å²) in [6.07, 6.45) is 2.09. The van der Waals surface area contributed by atoms with Gasteiger partial charge < -0.3 is 18.9 Å². The molecule has 1 saturated heterocycles. The van der Waals surface area contributed by atoms with Crippen LogP contribution in [0.3, 0.4) is 0 Å². The maximum Gasteiger partial charge on any atom is 0.270 e. The van der Waals surface area contributed by atoms with Crippen molar-refractivity contribution in [3.63, 3.8) is 0 Å². The number of piperidine rings is 1. The van der Waals surface area contributed by atoms with Gasteiger partial charge in [0.2, 0.25) is 0 Å². The van der Waals surface area contributed by atoms with Crippen LogP contribution >= 0.6 is 0 Å². The molecule has 0 radical (unpaired) electrons. The molecule has 0 N–H and O–H groups in total. The molecule has 0 unspecified atom stereocenters. The van der Waals surface area contributed by atoms with Crippen LogP contribution in [-0.2, 0) is 7.05 Å². The lowest BCUT2D eigenvalue weighted by Crippen LogP contribution is -2.44. The summed E-state index contributed by atoms with van der Waals surface area (Å²) in [5.74, 6) is 0.158. The summed E-state index contributed by atoms with van der Waals surface area (Å²) in [6, 6.07) is 11.5. The smallest absolute Gasteiger partial charge is 0.270 e. The number of amides is 1. The Hall–Kier alpha value is -2.27. The number of benzene rings is 1. The Morgan fingerprint density at radius 2 is 1.78 bits per heavy atom. The van der Waals surface area contributed by atoms with Crippen LogP contribution in [0.2, 0.25) is 0 Å². The molecule has 0 atom stereocenters. The van der Waals surface area contributed by atoms with Gasteiger partial charge in [0.15, 0.2) is 0 Å². The highest BCUT2D eigenvalue weighted by molar-refractivity contribution is 6.10. The van der Waals surface area contributed by atoms with E-state index in [-0.39, 0.29) is 5.91 Å². The van der Waals surface area contributed by atoms with Gasteiger partial charge in [-0.25, -0.2) is 0 Å². The highest BCUT2D eigenvalue weighted by Crippen LogP contribution is 2.34. The Morgan fingerprint density at radius 3 is 2.41 bits per heavy atom. The molecule has 144 valence electrons. The molecule has 2 aromatic heterocycles. The van der Waals surface area contributed by atoms with Crippen molar-refractivity contribution in [3.8, 4) is 0 Å². The van der Waals surface area contributed by atoms with E-state index in [4.69, 9.17) is 0 Å². The van der Waals surface area contributed by atoms with Crippen molar-refractivity contribution in [1.82, 2.24) is 18.9 Å². The topological polar surface area (TPSA) is 33.4 Å². The third-order valence-corrected chi connectivity index (χ3v) is 6.11. The summed E-state index contributed by atoms with van der Waals surface area (Å²) in [5, 5.41) is 1.22. The Balaban J connectivity index is 1.74. The molecule has 1 aliphatic rings. The average Bonchev–Trinajstić information content (AvgIpc) is 3.15. The van der Waals surface area contributed by atoms with E-state index in [1.165, 1.54) is 10.9 Å². The van der Waals surface area contributed by atoms with Gasteiger partial charge >= 0.3 is 0 Å². The lowest BCUT2D eigenvalue weighted by molar-refractivity contribution is 0.0654. The van der Waals surface area contributed by atoms with Crippen LogP contribution in [0.5, 0.6) is 0 Å². The summed E-state index contributed by atoms with van der Waals surface area (Å²) in [7, 11) is 6.28. The third kappa shape index (κ3) is 2.85. The van der Waals surface area contributed by atoms with Crippen LogP contribution < -0.4 is 0 Å². The second-order valence-electron chi connectivity index (χ2n) is 8.29. The third-order valence-electron chi connectivity index (χ3n) is 6.11. The number of hydrogen-bond acceptors (Lipinski definition) is 2. The number of para-hydroxylation sites is 1. The van der Waals surface area contributed by atoms with E-state index in [9.17, 15) is 4.79 Å². The molecular formula is C22H30N4O. The minimum absolute atomic E-state index is 0.158. The second-order valence-corrected chi connectivity index (χ2v) is 8.29. The maximum absolute atomic E-state index is 13.3. The Labute approximate surface area is 161 Å². The molecule has 1 amide bonds. The quantitative estimate of drug-likeness (QED) is 0.705. The van der Waals surface area contributed by atoms with Gasteiger partial charge in [-0.2, -0.15) is 0 Å². The monoisotopic (exact) mass is 366 g/mol. The Morgan fingerprint density at radius 1 is 1.11 bits per heavy atom. The lowest BCUT2D eigenvalue weighted by atomic mass is 10.0. The van der Waals surface area contributed by atoms with E-state index in [1.54, 1.807) is 0 Å². The van der Waals surface area contributed by atoms with Gasteiger partial charge in [-0.15, -0.1) is 0 Å². The minimum Gasteiger partial charge on any atom is -0.338 e. The zero-order chi connectivity index (χ0) is 19.3. The van der Waals surface area contributed by atoms with E-state index in [1.807, 2.05) is 11.9 Å². The molecular weight excluding hydrogens is 336 g/mol. The first kappa shape index (κ1) is 18.1. The highest BCUT2D eigenvalue weighted by atomic mass is 16.2. The standard InChI is InChI=1S/C22H30N4O/c1-15(2)26-18-9-7-6-8-17(18)21-19(26)14-20(24(21)5)22(27)25-12-10-16(11-13-25)23(3)4/h6-9,14-16H,10-13H2,1-5H3. The van der Waals surface area contributed by atoms with Crippen LogP contribution in [-0.4, -0.2) is 58.1 Å². The largest absolute Gasteiger partial charge is 0.338 e. The number of carbonyl (C=O) groups excluding carboxylic acids is 1. The van der Waals surface area contributed by atoms with Gasteiger partial charge in [0.1, 0.15) is 5.69 Å². The van der Waals surface area contributed by atoms with Crippen LogP contribution in [0.4, 0.5) is 0 Å². The number of hydrogen-bond donors (Lipinski definition) is 0. The van der Waals surface area contributed by atoms with Gasteiger partial charge in [0.05, 0.1) is 16.6 Å². The van der Waals surface area contributed by atoms with Gasteiger partial charge in [-0.05, 0) is 52.9 Å². The Kier molecular flexibility index (Phi) is 4.50. The number of rotatable bonds is 3. The number of fused-ring (bicyclic) bond motifs is 3. The van der Waals surface area contributed by atoms with Crippen molar-refractivity contribution in [1.29, 1.82) is 0 Å². The van der Waals surface area contributed by atoms with Crippen LogP contribution in [0.15, 0.2) is 30.3 Å². The molecule has 4 rings (SSSR count). The predicted molar refractivity (Wildman–Crippen MR) is 111 cm³/mol. The summed E-state index contributed by atoms with van der Waals surface area (Å²) in [4.78, 5) is 17.6. The number of nitrogens with zero attached hydrogens (tertiary/aromatic N) is 4. The van der Waals surface area contributed by atoms with E-state index >= 15 is 0 Å². The molecule has 0 aliphatic carbocycles. The highest BCUT2D eigenvalue weighted by Gasteiger charge is 2.28. The molecule has 3 heterocycles. The number of aromatic nitrogens is 2. The van der Waals surface area contributed by atoms with Crippen molar-refractivity contribution in [2.45, 2.75) is 38.8 Å². The predicted octanol–water partition coefficient (Wildman–Crippen LogP) is 3.88. The molecule has 3 aromatic rings. The molecule has 0 saturated carbocycles. The number of carbonyl (C=O) groups is 1. The van der Waals surface area contributed by atoms with Gasteiger partial charge in [-0.1, -0.05) is 18.2 Å². The van der Waals surface area contributed by atoms with Gasteiger partial charge in [0.25, 0.3) is 5.91 Å². The fraction of sp³-hybridized carbons (Fsp3) is 0.500. The zero-order valence-electron chi connectivity index (χ0n) is 17.1. The summed E-state index contributed by atoms with van der Waals surface area (Å²) >= 11 is 0. The second kappa shape index (κ2) is 6.71. The fourth-order valence-corrected chi connectivity index (χ4v) is 4.61. The number of likely N-dealkylation sites (tertiary alicyclic amines) is 1. The van der Waals surface area contributed by atoms with E-state index < -0.39 is 0 Å². The van der Waals surface area contributed by atoms with E-state index in [0.29, 0.717) is 12.1 Å². The molecule has 1 fully saturated rings. The summed E-state index contributed by atoms with van der Waals surface area (Å²) in [6.45, 7) is 6.07. The molecule has 1 aliphatic heterocycles. The molecule has 5 heteroatoms. The summed E-state index contributed by atoms with van der Waals surface area (Å²) < 4.78 is 4.44. The molecule has 5 nitrogen and oxygen atoms in total. The molecule has 0 spiro atoms. The van der Waals surface area contributed by atoms with Crippen LogP contribution in [0.1, 0.15) is 43.2 Å². The number of aryl methyl sites for hydroxylation is 1. The molecule has 27 heavy (non-hydrogen) atoms. The zero-order valence-corrected chi connectivity index (χ0v) is 17.1. The van der Waals surface area contributed by atoms with Crippen LogP contribution in [0.25, 0.3) is 21.9 Å². The maximum atomic E-state index is 13.3. The first-order valence-corrected chi connectivity index (χ1v) is 9.94. The lowest BCUT2D eigenvalue weighted by Gasteiger charge is -2.35. The van der Waals surface area contributed by atoms with Crippen LogP contribution in [0, 0.1) is 0 Å². The minimum atomic E-state index is 0.158. The molecule has 1 aromatic carbocycles. The van der Waals surface area contributed by atoms with Crippen molar-refractivity contribution in [2.24, 2.45) is 7.05 Å². The van der Waals surface area contributed by atoms with Gasteiger partial charge in [-0.3, -0.25) is 4.79 Å². The fourth-order valence-electron chi connectivity index (χ4n) is 4.61. The molecule has 0 bridgehead atoms. The first-order valence-electron chi connectivity index (χ1n) is 9.94. The van der Waals surface area contributed by atoms with Gasteiger partial charge in [0, 0.05) is 37.6 Å². The SMILES string of the molecule is CC(C)n1c2ccccc2c2c1cc(C(=O)N1CCC(N(C)C)CC1)n2C. The summed E-state index contributed by atoms with van der Waals surface area (Å²) in [5.41, 5.74) is 4.34. The van der Waals surface area contributed by atoms with E-state index in [0.717, 1.165) is 42.7 Å². The Bertz CT molecular complexity index is 987. The normalized spacial score (nSPS) is 16.3. The van der Waals surface area contributed by atoms with E-state index in [2.05, 4.69) is 72.3 Å². The van der Waals surface area contributed by atoms with Crippen molar-refractivity contribution in [2.75, 3.05) is 27.2 Å². The average molecular weight is 367 g/mol.